The maximum atomic E-state index is 11.1. The van der Waals surface area contributed by atoms with E-state index in [1.54, 1.807) is 18.2 Å². The molecule has 0 heterocycles. The lowest BCUT2D eigenvalue weighted by atomic mass is 10.1. The number of carboxylic acid groups (broad SMARTS) is 1. The van der Waals surface area contributed by atoms with Crippen LogP contribution >= 0.6 is 11.6 Å². The third-order valence-corrected chi connectivity index (χ3v) is 2.72. The molecule has 0 spiro atoms. The Hall–Kier alpha value is -1.10. The van der Waals surface area contributed by atoms with Crippen LogP contribution in [0.5, 0.6) is 0 Å². The Bertz CT molecular complexity index is 392. The van der Waals surface area contributed by atoms with E-state index in [0.717, 1.165) is 5.56 Å². The van der Waals surface area contributed by atoms with Gasteiger partial charge in [0.05, 0.1) is 6.61 Å². The number of carboxylic acids is 1. The highest BCUT2D eigenvalue weighted by atomic mass is 35.5. The minimum absolute atomic E-state index is 0.0268. The van der Waals surface area contributed by atoms with Crippen LogP contribution in [-0.2, 0) is 9.53 Å². The summed E-state index contributed by atoms with van der Waals surface area (Å²) >= 11 is 5.94. The molecular weight excluding hydrogens is 244 g/mol. The minimum atomic E-state index is -1.07. The van der Waals surface area contributed by atoms with Crippen molar-refractivity contribution in [1.82, 2.24) is 0 Å². The molecule has 0 aliphatic rings. The largest absolute Gasteiger partial charge is 0.479 e. The van der Waals surface area contributed by atoms with Crippen molar-refractivity contribution in [1.29, 1.82) is 0 Å². The zero-order valence-corrected chi connectivity index (χ0v) is 10.3. The monoisotopic (exact) mass is 258 g/mol. The Morgan fingerprint density at radius 2 is 2.24 bits per heavy atom. The second-order valence-electron chi connectivity index (χ2n) is 3.67. The SMILES string of the molecule is Cc1ccc(C(OCCCO)C(=O)O)cc1Cl. The fourth-order valence-electron chi connectivity index (χ4n) is 1.35. The number of hydrogen-bond acceptors (Lipinski definition) is 3. The number of benzene rings is 1. The van der Waals surface area contributed by atoms with Gasteiger partial charge < -0.3 is 14.9 Å². The van der Waals surface area contributed by atoms with Crippen molar-refractivity contribution >= 4 is 17.6 Å². The molecule has 0 radical (unpaired) electrons. The van der Waals surface area contributed by atoms with Gasteiger partial charge in [-0.3, -0.25) is 0 Å². The van der Waals surface area contributed by atoms with Crippen molar-refractivity contribution in [3.05, 3.63) is 34.3 Å². The molecule has 0 saturated carbocycles. The summed E-state index contributed by atoms with van der Waals surface area (Å²) in [4.78, 5) is 11.1. The van der Waals surface area contributed by atoms with Gasteiger partial charge in [-0.1, -0.05) is 23.7 Å². The highest BCUT2D eigenvalue weighted by Gasteiger charge is 2.20. The van der Waals surface area contributed by atoms with Gasteiger partial charge in [-0.25, -0.2) is 4.79 Å². The lowest BCUT2D eigenvalue weighted by Gasteiger charge is -2.14. The first-order chi connectivity index (χ1) is 8.06. The molecule has 0 amide bonds. The van der Waals surface area contributed by atoms with Gasteiger partial charge in [-0.05, 0) is 30.5 Å². The van der Waals surface area contributed by atoms with E-state index in [2.05, 4.69) is 0 Å². The van der Waals surface area contributed by atoms with Gasteiger partial charge in [0, 0.05) is 11.6 Å². The van der Waals surface area contributed by atoms with E-state index in [9.17, 15) is 4.79 Å². The molecule has 1 aromatic carbocycles. The average molecular weight is 259 g/mol. The van der Waals surface area contributed by atoms with E-state index in [1.807, 2.05) is 6.92 Å². The van der Waals surface area contributed by atoms with Crippen molar-refractivity contribution in [2.75, 3.05) is 13.2 Å². The smallest absolute Gasteiger partial charge is 0.337 e. The number of rotatable bonds is 6. The van der Waals surface area contributed by atoms with Crippen LogP contribution in [0.4, 0.5) is 0 Å². The molecule has 94 valence electrons. The van der Waals surface area contributed by atoms with E-state index in [-0.39, 0.29) is 13.2 Å². The molecule has 0 aliphatic heterocycles. The summed E-state index contributed by atoms with van der Waals surface area (Å²) in [7, 11) is 0. The summed E-state index contributed by atoms with van der Waals surface area (Å²) < 4.78 is 5.21. The Balaban J connectivity index is 2.82. The van der Waals surface area contributed by atoms with E-state index < -0.39 is 12.1 Å². The molecule has 1 rings (SSSR count). The Kier molecular flexibility index (Phi) is 5.41. The number of halogens is 1. The van der Waals surface area contributed by atoms with Crippen LogP contribution in [-0.4, -0.2) is 29.4 Å². The number of aliphatic hydroxyl groups excluding tert-OH is 1. The zero-order chi connectivity index (χ0) is 12.8. The van der Waals surface area contributed by atoms with Crippen molar-refractivity contribution in [2.45, 2.75) is 19.4 Å². The molecule has 5 heteroatoms. The maximum Gasteiger partial charge on any atom is 0.337 e. The fraction of sp³-hybridized carbons (Fsp3) is 0.417. The molecule has 4 nitrogen and oxygen atoms in total. The molecule has 1 aromatic rings. The molecule has 0 aromatic heterocycles. The Morgan fingerprint density at radius 3 is 2.76 bits per heavy atom. The van der Waals surface area contributed by atoms with Crippen LogP contribution in [0.15, 0.2) is 18.2 Å². The van der Waals surface area contributed by atoms with E-state index in [4.69, 9.17) is 26.6 Å². The number of aliphatic carboxylic acids is 1. The molecule has 2 N–H and O–H groups in total. The summed E-state index contributed by atoms with van der Waals surface area (Å²) in [5, 5.41) is 18.2. The third-order valence-electron chi connectivity index (χ3n) is 2.31. The predicted molar refractivity (Wildman–Crippen MR) is 64.2 cm³/mol. The molecule has 17 heavy (non-hydrogen) atoms. The van der Waals surface area contributed by atoms with Gasteiger partial charge in [0.1, 0.15) is 0 Å². The minimum Gasteiger partial charge on any atom is -0.479 e. The highest BCUT2D eigenvalue weighted by molar-refractivity contribution is 6.31. The van der Waals surface area contributed by atoms with Crippen molar-refractivity contribution in [3.8, 4) is 0 Å². The zero-order valence-electron chi connectivity index (χ0n) is 9.52. The van der Waals surface area contributed by atoms with Gasteiger partial charge in [0.25, 0.3) is 0 Å². The predicted octanol–water partition coefficient (Wildman–Crippen LogP) is 2.17. The van der Waals surface area contributed by atoms with Crippen molar-refractivity contribution < 1.29 is 19.7 Å². The van der Waals surface area contributed by atoms with Gasteiger partial charge in [-0.2, -0.15) is 0 Å². The van der Waals surface area contributed by atoms with E-state index >= 15 is 0 Å². The third kappa shape index (κ3) is 4.00. The fourth-order valence-corrected chi connectivity index (χ4v) is 1.54. The number of carbonyl (C=O) groups is 1. The average Bonchev–Trinajstić information content (AvgIpc) is 2.28. The van der Waals surface area contributed by atoms with Crippen LogP contribution < -0.4 is 0 Å². The van der Waals surface area contributed by atoms with Crippen LogP contribution in [0.1, 0.15) is 23.7 Å². The first-order valence-electron chi connectivity index (χ1n) is 5.27. The molecule has 0 saturated heterocycles. The van der Waals surface area contributed by atoms with E-state index in [0.29, 0.717) is 17.0 Å². The number of aryl methyl sites for hydroxylation is 1. The summed E-state index contributed by atoms with van der Waals surface area (Å²) in [6.07, 6.45) is -0.636. The first kappa shape index (κ1) is 14.0. The summed E-state index contributed by atoms with van der Waals surface area (Å²) in [5.74, 6) is -1.07. The lowest BCUT2D eigenvalue weighted by molar-refractivity contribution is -0.151. The van der Waals surface area contributed by atoms with Crippen LogP contribution in [0.25, 0.3) is 0 Å². The molecule has 0 bridgehead atoms. The lowest BCUT2D eigenvalue weighted by Crippen LogP contribution is -2.16. The molecule has 1 atom stereocenters. The van der Waals surface area contributed by atoms with Gasteiger partial charge in [-0.15, -0.1) is 0 Å². The second-order valence-corrected chi connectivity index (χ2v) is 4.08. The topological polar surface area (TPSA) is 66.8 Å². The summed E-state index contributed by atoms with van der Waals surface area (Å²) in [6, 6.07) is 5.02. The van der Waals surface area contributed by atoms with Gasteiger partial charge in [0.2, 0.25) is 0 Å². The van der Waals surface area contributed by atoms with Gasteiger partial charge in [0.15, 0.2) is 6.10 Å². The quantitative estimate of drug-likeness (QED) is 0.768. The molecule has 0 aliphatic carbocycles. The summed E-state index contributed by atoms with van der Waals surface area (Å²) in [6.45, 7) is 2.01. The molecular formula is C12H15ClO4. The number of hydrogen-bond donors (Lipinski definition) is 2. The Morgan fingerprint density at radius 1 is 1.53 bits per heavy atom. The first-order valence-corrected chi connectivity index (χ1v) is 5.65. The van der Waals surface area contributed by atoms with Crippen molar-refractivity contribution in [2.24, 2.45) is 0 Å². The van der Waals surface area contributed by atoms with Crippen LogP contribution in [0, 0.1) is 6.92 Å². The number of ether oxygens (including phenoxy) is 1. The summed E-state index contributed by atoms with van der Waals surface area (Å²) in [5.41, 5.74) is 1.39. The van der Waals surface area contributed by atoms with Crippen LogP contribution in [0.3, 0.4) is 0 Å². The number of aliphatic hydroxyl groups is 1. The molecule has 0 fully saturated rings. The Labute approximate surface area is 105 Å². The second kappa shape index (κ2) is 6.59. The van der Waals surface area contributed by atoms with Crippen LogP contribution in [0.2, 0.25) is 5.02 Å². The maximum absolute atomic E-state index is 11.1. The standard InChI is InChI=1S/C12H15ClO4/c1-8-3-4-9(7-10(8)13)11(12(15)16)17-6-2-5-14/h3-4,7,11,14H,2,5-6H2,1H3,(H,15,16). The normalized spacial score (nSPS) is 12.4. The van der Waals surface area contributed by atoms with Gasteiger partial charge >= 0.3 is 5.97 Å². The van der Waals surface area contributed by atoms with Crippen molar-refractivity contribution in [3.63, 3.8) is 0 Å². The molecule has 1 unspecified atom stereocenters. The van der Waals surface area contributed by atoms with E-state index in [1.165, 1.54) is 0 Å². The highest BCUT2D eigenvalue weighted by Crippen LogP contribution is 2.24.